The summed E-state index contributed by atoms with van der Waals surface area (Å²) >= 11 is 0. The number of benzene rings is 1. The maximum absolute atomic E-state index is 12.5. The fourth-order valence-electron chi connectivity index (χ4n) is 2.35. The van der Waals surface area contributed by atoms with E-state index in [-0.39, 0.29) is 38.1 Å². The molecule has 0 spiro atoms. The highest BCUT2D eigenvalue weighted by atomic mass is 16.7. The van der Waals surface area contributed by atoms with Gasteiger partial charge in [-0.15, -0.1) is 0 Å². The Balaban J connectivity index is 2.05. The first-order valence-electron chi connectivity index (χ1n) is 7.53. The van der Waals surface area contributed by atoms with Gasteiger partial charge in [0.15, 0.2) is 11.5 Å². The zero-order chi connectivity index (χ0) is 17.7. The average molecular weight is 336 g/mol. The molecule has 8 heteroatoms. The average Bonchev–Trinajstić information content (AvgIpc) is 2.98. The quantitative estimate of drug-likeness (QED) is 0.746. The smallest absolute Gasteiger partial charge is 0.326 e. The van der Waals surface area contributed by atoms with Crippen LogP contribution in [0.25, 0.3) is 0 Å². The van der Waals surface area contributed by atoms with Gasteiger partial charge < -0.3 is 24.8 Å². The summed E-state index contributed by atoms with van der Waals surface area (Å²) in [7, 11) is 0. The maximum atomic E-state index is 12.5. The van der Waals surface area contributed by atoms with Crippen LogP contribution in [-0.2, 0) is 20.8 Å². The van der Waals surface area contributed by atoms with E-state index >= 15 is 0 Å². The molecular weight excluding hydrogens is 316 g/mol. The molecule has 130 valence electrons. The molecule has 1 heterocycles. The molecule has 2 N–H and O–H groups in total. The van der Waals surface area contributed by atoms with Crippen LogP contribution in [0.5, 0.6) is 11.5 Å². The van der Waals surface area contributed by atoms with Gasteiger partial charge in [0, 0.05) is 20.0 Å². The second-order valence-electron chi connectivity index (χ2n) is 5.45. The van der Waals surface area contributed by atoms with E-state index in [4.69, 9.17) is 9.47 Å². The van der Waals surface area contributed by atoms with Gasteiger partial charge in [0.05, 0.1) is 6.42 Å². The number of ether oxygens (including phenoxy) is 2. The minimum Gasteiger partial charge on any atom is -0.480 e. The van der Waals surface area contributed by atoms with Crippen LogP contribution in [0.3, 0.4) is 0 Å². The second-order valence-corrected chi connectivity index (χ2v) is 5.45. The minimum absolute atomic E-state index is 0.0360. The van der Waals surface area contributed by atoms with Gasteiger partial charge in [-0.25, -0.2) is 4.79 Å². The lowest BCUT2D eigenvalue weighted by molar-refractivity contribution is -0.149. The summed E-state index contributed by atoms with van der Waals surface area (Å²) in [6.45, 7) is 3.26. The molecule has 1 aromatic carbocycles. The van der Waals surface area contributed by atoms with Gasteiger partial charge in [0.25, 0.3) is 0 Å². The van der Waals surface area contributed by atoms with Crippen molar-refractivity contribution in [1.82, 2.24) is 10.2 Å². The van der Waals surface area contributed by atoms with Crippen molar-refractivity contribution in [3.8, 4) is 11.5 Å². The van der Waals surface area contributed by atoms with Gasteiger partial charge in [-0.2, -0.15) is 0 Å². The fourth-order valence-corrected chi connectivity index (χ4v) is 2.35. The van der Waals surface area contributed by atoms with Gasteiger partial charge in [-0.3, -0.25) is 9.59 Å². The van der Waals surface area contributed by atoms with E-state index in [0.29, 0.717) is 17.1 Å². The molecule has 1 aliphatic heterocycles. The number of amides is 2. The molecule has 0 bridgehead atoms. The number of hydrogen-bond donors (Lipinski definition) is 2. The number of aliphatic carboxylic acids is 1. The van der Waals surface area contributed by atoms with Crippen molar-refractivity contribution in [2.45, 2.75) is 26.3 Å². The van der Waals surface area contributed by atoms with Crippen molar-refractivity contribution in [2.24, 2.45) is 0 Å². The number of hydrogen-bond acceptors (Lipinski definition) is 5. The summed E-state index contributed by atoms with van der Waals surface area (Å²) in [6.07, 6.45) is 0.0360. The summed E-state index contributed by atoms with van der Waals surface area (Å²) in [5.74, 6) is -0.490. The molecule has 2 rings (SSSR count). The zero-order valence-corrected chi connectivity index (χ0v) is 13.6. The molecule has 0 saturated heterocycles. The Bertz CT molecular complexity index is 645. The zero-order valence-electron chi connectivity index (χ0n) is 13.6. The Morgan fingerprint density at radius 2 is 2.00 bits per heavy atom. The second kappa shape index (κ2) is 7.67. The molecule has 8 nitrogen and oxygen atoms in total. The number of rotatable bonds is 7. The molecule has 0 radical (unpaired) electrons. The summed E-state index contributed by atoms with van der Waals surface area (Å²) in [5, 5.41) is 11.7. The number of carbonyl (C=O) groups is 3. The third-order valence-electron chi connectivity index (χ3n) is 3.66. The van der Waals surface area contributed by atoms with Gasteiger partial charge in [-0.05, 0) is 24.6 Å². The Kier molecular flexibility index (Phi) is 5.62. The molecule has 0 aromatic heterocycles. The lowest BCUT2D eigenvalue weighted by Crippen LogP contribution is -2.47. The van der Waals surface area contributed by atoms with Gasteiger partial charge in [0.2, 0.25) is 18.6 Å². The number of carbonyl (C=O) groups excluding carboxylic acids is 2. The molecule has 0 saturated carbocycles. The molecule has 1 unspecified atom stereocenters. The SMILES string of the molecule is CC(=O)NCCN(C(=O)Cc1ccc2c(c1)OCO2)C(C)C(=O)O. The molecule has 1 aliphatic rings. The van der Waals surface area contributed by atoms with Gasteiger partial charge in [-0.1, -0.05) is 6.07 Å². The van der Waals surface area contributed by atoms with Gasteiger partial charge >= 0.3 is 5.97 Å². The third kappa shape index (κ3) is 4.37. The van der Waals surface area contributed by atoms with Crippen LogP contribution in [0.2, 0.25) is 0 Å². The number of carboxylic acid groups (broad SMARTS) is 1. The van der Waals surface area contributed by atoms with Crippen LogP contribution in [0, 0.1) is 0 Å². The highest BCUT2D eigenvalue weighted by Crippen LogP contribution is 2.32. The molecule has 0 aliphatic carbocycles. The summed E-state index contributed by atoms with van der Waals surface area (Å²) in [6, 6.07) is 4.17. The lowest BCUT2D eigenvalue weighted by Gasteiger charge is -2.26. The van der Waals surface area contributed by atoms with E-state index < -0.39 is 12.0 Å². The van der Waals surface area contributed by atoms with E-state index in [9.17, 15) is 19.5 Å². The van der Waals surface area contributed by atoms with Crippen molar-refractivity contribution in [1.29, 1.82) is 0 Å². The largest absolute Gasteiger partial charge is 0.480 e. The minimum atomic E-state index is -1.10. The normalized spacial score (nSPS) is 13.2. The summed E-state index contributed by atoms with van der Waals surface area (Å²) in [4.78, 5) is 35.9. The number of nitrogens with zero attached hydrogens (tertiary/aromatic N) is 1. The highest BCUT2D eigenvalue weighted by Gasteiger charge is 2.25. The molecular formula is C16H20N2O6. The van der Waals surface area contributed by atoms with Crippen molar-refractivity contribution in [2.75, 3.05) is 19.9 Å². The van der Waals surface area contributed by atoms with Crippen molar-refractivity contribution >= 4 is 17.8 Å². The maximum Gasteiger partial charge on any atom is 0.326 e. The molecule has 1 aromatic rings. The van der Waals surface area contributed by atoms with Crippen LogP contribution in [0.4, 0.5) is 0 Å². The molecule has 2 amide bonds. The molecule has 1 atom stereocenters. The first-order chi connectivity index (χ1) is 11.4. The van der Waals surface area contributed by atoms with E-state index in [2.05, 4.69) is 5.32 Å². The predicted octanol–water partition coefficient (Wildman–Crippen LogP) is 0.396. The lowest BCUT2D eigenvalue weighted by atomic mass is 10.1. The third-order valence-corrected chi connectivity index (χ3v) is 3.66. The van der Waals surface area contributed by atoms with Crippen molar-refractivity contribution in [3.63, 3.8) is 0 Å². The topological polar surface area (TPSA) is 105 Å². The van der Waals surface area contributed by atoms with E-state index in [1.165, 1.54) is 18.7 Å². The number of fused-ring (bicyclic) bond motifs is 1. The fraction of sp³-hybridized carbons (Fsp3) is 0.438. The van der Waals surface area contributed by atoms with Crippen LogP contribution < -0.4 is 14.8 Å². The van der Waals surface area contributed by atoms with E-state index in [1.54, 1.807) is 18.2 Å². The van der Waals surface area contributed by atoms with Crippen molar-refractivity contribution < 1.29 is 29.0 Å². The Morgan fingerprint density at radius 1 is 1.29 bits per heavy atom. The summed E-state index contributed by atoms with van der Waals surface area (Å²) in [5.41, 5.74) is 0.700. The Labute approximate surface area is 139 Å². The predicted molar refractivity (Wildman–Crippen MR) is 83.8 cm³/mol. The molecule has 24 heavy (non-hydrogen) atoms. The van der Waals surface area contributed by atoms with Crippen LogP contribution in [0.15, 0.2) is 18.2 Å². The van der Waals surface area contributed by atoms with Crippen molar-refractivity contribution in [3.05, 3.63) is 23.8 Å². The Hall–Kier alpha value is -2.77. The number of nitrogens with one attached hydrogen (secondary N) is 1. The first kappa shape index (κ1) is 17.6. The number of carboxylic acids is 1. The monoisotopic (exact) mass is 336 g/mol. The van der Waals surface area contributed by atoms with Gasteiger partial charge in [0.1, 0.15) is 6.04 Å². The standard InChI is InChI=1S/C16H20N2O6/c1-10(16(21)22)18(6-5-17-11(2)19)15(20)8-12-3-4-13-14(7-12)24-9-23-13/h3-4,7,10H,5-6,8-9H2,1-2H3,(H,17,19)(H,21,22). The Morgan fingerprint density at radius 3 is 2.67 bits per heavy atom. The van der Waals surface area contributed by atoms with E-state index in [1.807, 2.05) is 0 Å². The molecule has 0 fully saturated rings. The van der Waals surface area contributed by atoms with Crippen LogP contribution >= 0.6 is 0 Å². The highest BCUT2D eigenvalue weighted by molar-refractivity contribution is 5.85. The summed E-state index contributed by atoms with van der Waals surface area (Å²) < 4.78 is 10.5. The first-order valence-corrected chi connectivity index (χ1v) is 7.53. The van der Waals surface area contributed by atoms with E-state index in [0.717, 1.165) is 0 Å². The van der Waals surface area contributed by atoms with Crippen LogP contribution in [0.1, 0.15) is 19.4 Å². The van der Waals surface area contributed by atoms with Crippen LogP contribution in [-0.4, -0.2) is 53.7 Å².